The molecular weight excluding hydrogens is 274 g/mol. The van der Waals surface area contributed by atoms with Gasteiger partial charge in [-0.25, -0.2) is 0 Å². The number of ether oxygens (including phenoxy) is 2. The minimum atomic E-state index is 0.251. The van der Waals surface area contributed by atoms with E-state index in [2.05, 4.69) is 25.2 Å². The lowest BCUT2D eigenvalue weighted by atomic mass is 10.1. The molecule has 0 saturated carbocycles. The summed E-state index contributed by atoms with van der Waals surface area (Å²) >= 11 is 6.38. The first kappa shape index (κ1) is 15.6. The van der Waals surface area contributed by atoms with Crippen molar-refractivity contribution in [3.63, 3.8) is 0 Å². The molecule has 0 amide bonds. The van der Waals surface area contributed by atoms with Crippen LogP contribution in [-0.4, -0.2) is 25.9 Å². The van der Waals surface area contributed by atoms with Crippen molar-refractivity contribution in [3.05, 3.63) is 28.8 Å². The predicted octanol–water partition coefficient (Wildman–Crippen LogP) is 3.96. The fourth-order valence-corrected chi connectivity index (χ4v) is 2.72. The van der Waals surface area contributed by atoms with Crippen LogP contribution in [0.15, 0.2) is 18.2 Å². The number of hydrogen-bond acceptors (Lipinski definition) is 3. The largest absolute Gasteiger partial charge is 0.490 e. The van der Waals surface area contributed by atoms with Gasteiger partial charge in [-0.05, 0) is 37.6 Å². The van der Waals surface area contributed by atoms with E-state index in [0.717, 1.165) is 55.4 Å². The van der Waals surface area contributed by atoms with E-state index < -0.39 is 0 Å². The molecule has 0 aliphatic carbocycles. The van der Waals surface area contributed by atoms with Crippen LogP contribution >= 0.6 is 11.6 Å². The van der Waals surface area contributed by atoms with Crippen LogP contribution in [0.4, 0.5) is 0 Å². The van der Waals surface area contributed by atoms with Gasteiger partial charge in [-0.2, -0.15) is 0 Å². The van der Waals surface area contributed by atoms with Crippen LogP contribution in [0.5, 0.6) is 5.75 Å². The lowest BCUT2D eigenvalue weighted by molar-refractivity contribution is 0.0255. The van der Waals surface area contributed by atoms with Gasteiger partial charge in [0, 0.05) is 23.9 Å². The van der Waals surface area contributed by atoms with E-state index in [9.17, 15) is 0 Å². The van der Waals surface area contributed by atoms with Gasteiger partial charge in [0.15, 0.2) is 0 Å². The van der Waals surface area contributed by atoms with Gasteiger partial charge in [0.25, 0.3) is 0 Å². The molecule has 1 N–H and O–H groups in total. The quantitative estimate of drug-likeness (QED) is 0.862. The van der Waals surface area contributed by atoms with Crippen molar-refractivity contribution < 1.29 is 9.47 Å². The molecule has 2 rings (SSSR count). The SMILES string of the molecule is CCCNC(C)c1ccc(OC2CCOCC2)cc1Cl. The summed E-state index contributed by atoms with van der Waals surface area (Å²) in [4.78, 5) is 0. The number of nitrogens with one attached hydrogen (secondary N) is 1. The highest BCUT2D eigenvalue weighted by molar-refractivity contribution is 6.31. The van der Waals surface area contributed by atoms with Crippen molar-refractivity contribution in [1.29, 1.82) is 0 Å². The maximum absolute atomic E-state index is 6.38. The fourth-order valence-electron chi connectivity index (χ4n) is 2.39. The van der Waals surface area contributed by atoms with Gasteiger partial charge in [-0.1, -0.05) is 24.6 Å². The van der Waals surface area contributed by atoms with Gasteiger partial charge in [-0.3, -0.25) is 0 Å². The van der Waals surface area contributed by atoms with Crippen LogP contribution in [-0.2, 0) is 4.74 Å². The Morgan fingerprint density at radius 1 is 1.40 bits per heavy atom. The van der Waals surface area contributed by atoms with Crippen molar-refractivity contribution in [2.45, 2.75) is 45.3 Å². The molecule has 1 fully saturated rings. The van der Waals surface area contributed by atoms with Gasteiger partial charge in [0.1, 0.15) is 11.9 Å². The third-order valence-electron chi connectivity index (χ3n) is 3.61. The molecule has 112 valence electrons. The second kappa shape index (κ2) is 7.87. The van der Waals surface area contributed by atoms with Crippen LogP contribution in [0.25, 0.3) is 0 Å². The van der Waals surface area contributed by atoms with Crippen molar-refractivity contribution in [3.8, 4) is 5.75 Å². The van der Waals surface area contributed by atoms with Gasteiger partial charge in [-0.15, -0.1) is 0 Å². The van der Waals surface area contributed by atoms with Gasteiger partial charge >= 0.3 is 0 Å². The summed E-state index contributed by atoms with van der Waals surface area (Å²) < 4.78 is 11.3. The van der Waals surface area contributed by atoms with Crippen LogP contribution in [0.2, 0.25) is 5.02 Å². The molecule has 3 nitrogen and oxygen atoms in total. The molecule has 0 bridgehead atoms. The molecule has 20 heavy (non-hydrogen) atoms. The molecule has 1 aromatic carbocycles. The summed E-state index contributed by atoms with van der Waals surface area (Å²) in [5, 5.41) is 4.22. The molecule has 0 spiro atoms. The Morgan fingerprint density at radius 2 is 2.15 bits per heavy atom. The predicted molar refractivity (Wildman–Crippen MR) is 82.6 cm³/mol. The summed E-state index contributed by atoms with van der Waals surface area (Å²) in [6.45, 7) is 6.86. The Labute approximate surface area is 126 Å². The van der Waals surface area contributed by atoms with Crippen LogP contribution in [0, 0.1) is 0 Å². The third-order valence-corrected chi connectivity index (χ3v) is 3.94. The van der Waals surface area contributed by atoms with E-state index in [1.165, 1.54) is 0 Å². The molecule has 1 atom stereocenters. The zero-order valence-corrected chi connectivity index (χ0v) is 13.1. The van der Waals surface area contributed by atoms with E-state index in [-0.39, 0.29) is 12.1 Å². The summed E-state index contributed by atoms with van der Waals surface area (Å²) in [7, 11) is 0. The molecular formula is C16H24ClNO2. The highest BCUT2D eigenvalue weighted by atomic mass is 35.5. The van der Waals surface area contributed by atoms with Gasteiger partial charge in [0.05, 0.1) is 13.2 Å². The van der Waals surface area contributed by atoms with Gasteiger partial charge in [0.2, 0.25) is 0 Å². The van der Waals surface area contributed by atoms with Crippen molar-refractivity contribution >= 4 is 11.6 Å². The van der Waals surface area contributed by atoms with E-state index in [0.29, 0.717) is 0 Å². The average Bonchev–Trinajstić information content (AvgIpc) is 2.46. The van der Waals surface area contributed by atoms with Crippen LogP contribution in [0.1, 0.15) is 44.7 Å². The second-order valence-electron chi connectivity index (χ2n) is 5.29. The highest BCUT2D eigenvalue weighted by Crippen LogP contribution is 2.28. The smallest absolute Gasteiger partial charge is 0.121 e. The topological polar surface area (TPSA) is 30.5 Å². The van der Waals surface area contributed by atoms with E-state index >= 15 is 0 Å². The minimum absolute atomic E-state index is 0.251. The minimum Gasteiger partial charge on any atom is -0.490 e. The molecule has 1 aliphatic rings. The standard InChI is InChI=1S/C16H24ClNO2/c1-3-8-18-12(2)15-5-4-14(11-16(15)17)20-13-6-9-19-10-7-13/h4-5,11-13,18H,3,6-10H2,1-2H3. The molecule has 0 aromatic heterocycles. The van der Waals surface area contributed by atoms with E-state index in [4.69, 9.17) is 21.1 Å². The zero-order valence-electron chi connectivity index (χ0n) is 12.3. The van der Waals surface area contributed by atoms with E-state index in [1.807, 2.05) is 12.1 Å². The Balaban J connectivity index is 1.97. The number of halogens is 1. The Hall–Kier alpha value is -0.770. The molecule has 1 aromatic rings. The Bertz CT molecular complexity index is 419. The first-order chi connectivity index (χ1) is 9.70. The lowest BCUT2D eigenvalue weighted by Crippen LogP contribution is -2.26. The fraction of sp³-hybridized carbons (Fsp3) is 0.625. The highest BCUT2D eigenvalue weighted by Gasteiger charge is 2.16. The molecule has 1 heterocycles. The molecule has 4 heteroatoms. The van der Waals surface area contributed by atoms with E-state index in [1.54, 1.807) is 0 Å². The van der Waals surface area contributed by atoms with Crippen LogP contribution in [0.3, 0.4) is 0 Å². The molecule has 1 unspecified atom stereocenters. The van der Waals surface area contributed by atoms with Crippen LogP contribution < -0.4 is 10.1 Å². The monoisotopic (exact) mass is 297 g/mol. The van der Waals surface area contributed by atoms with Crippen molar-refractivity contribution in [2.24, 2.45) is 0 Å². The first-order valence-electron chi connectivity index (χ1n) is 7.48. The maximum atomic E-state index is 6.38. The first-order valence-corrected chi connectivity index (χ1v) is 7.85. The summed E-state index contributed by atoms with van der Waals surface area (Å²) in [5.74, 6) is 0.855. The normalized spacial score (nSPS) is 17.9. The van der Waals surface area contributed by atoms with Gasteiger partial charge < -0.3 is 14.8 Å². The zero-order chi connectivity index (χ0) is 14.4. The molecule has 0 radical (unpaired) electrons. The number of rotatable bonds is 6. The lowest BCUT2D eigenvalue weighted by Gasteiger charge is -2.24. The summed E-state index contributed by atoms with van der Waals surface area (Å²) in [5.41, 5.74) is 1.12. The summed E-state index contributed by atoms with van der Waals surface area (Å²) in [6.07, 6.45) is 3.27. The Morgan fingerprint density at radius 3 is 2.80 bits per heavy atom. The number of hydrogen-bond donors (Lipinski definition) is 1. The van der Waals surface area contributed by atoms with Crippen molar-refractivity contribution in [2.75, 3.05) is 19.8 Å². The molecule has 1 saturated heterocycles. The Kier molecular flexibility index (Phi) is 6.14. The second-order valence-corrected chi connectivity index (χ2v) is 5.70. The maximum Gasteiger partial charge on any atom is 0.121 e. The average molecular weight is 298 g/mol. The number of benzene rings is 1. The summed E-state index contributed by atoms with van der Waals surface area (Å²) in [6, 6.07) is 6.27. The van der Waals surface area contributed by atoms with Crippen molar-refractivity contribution in [1.82, 2.24) is 5.32 Å². The third kappa shape index (κ3) is 4.37. The molecule has 1 aliphatic heterocycles.